The van der Waals surface area contributed by atoms with Gasteiger partial charge < -0.3 is 5.32 Å². The van der Waals surface area contributed by atoms with Crippen LogP contribution in [0.2, 0.25) is 0 Å². The Morgan fingerprint density at radius 3 is 2.70 bits per heavy atom. The fourth-order valence-corrected chi connectivity index (χ4v) is 3.95. The first kappa shape index (κ1) is 18.2. The monoisotopic (exact) mass is 353 g/mol. The average Bonchev–Trinajstić information content (AvgIpc) is 2.87. The molecule has 0 saturated heterocycles. The standard InChI is InChI=1S/C17H27N3OS2/c1-12(2)9-10-18-17(22)20-19-16(21)15-11-13-7-5-3-4-6-8-14(13)23-15/h11-12H,3-10H2,1-2H3,(H,19,21)(H2,18,20,22). The van der Waals surface area contributed by atoms with E-state index in [0.717, 1.165) is 30.7 Å². The lowest BCUT2D eigenvalue weighted by Crippen LogP contribution is -2.46. The van der Waals surface area contributed by atoms with Crippen molar-refractivity contribution in [3.8, 4) is 0 Å². The van der Waals surface area contributed by atoms with E-state index in [0.29, 0.717) is 11.0 Å². The van der Waals surface area contributed by atoms with Gasteiger partial charge >= 0.3 is 0 Å². The second-order valence-corrected chi connectivity index (χ2v) is 8.04. The van der Waals surface area contributed by atoms with E-state index in [2.05, 4.69) is 36.1 Å². The van der Waals surface area contributed by atoms with Crippen LogP contribution in [-0.4, -0.2) is 17.6 Å². The number of hydrazine groups is 1. The molecule has 1 aromatic heterocycles. The summed E-state index contributed by atoms with van der Waals surface area (Å²) in [6.07, 6.45) is 8.32. The lowest BCUT2D eigenvalue weighted by Gasteiger charge is -2.11. The van der Waals surface area contributed by atoms with Crippen molar-refractivity contribution in [2.45, 2.75) is 58.8 Å². The summed E-state index contributed by atoms with van der Waals surface area (Å²) < 4.78 is 0. The first-order valence-electron chi connectivity index (χ1n) is 8.52. The highest BCUT2D eigenvalue weighted by Crippen LogP contribution is 2.28. The summed E-state index contributed by atoms with van der Waals surface area (Å²) in [5.74, 6) is 0.528. The third-order valence-electron chi connectivity index (χ3n) is 4.02. The lowest BCUT2D eigenvalue weighted by molar-refractivity contribution is 0.0947. The minimum atomic E-state index is -0.102. The van der Waals surface area contributed by atoms with E-state index in [9.17, 15) is 4.79 Å². The average molecular weight is 354 g/mol. The molecule has 0 atom stereocenters. The Morgan fingerprint density at radius 1 is 1.22 bits per heavy atom. The summed E-state index contributed by atoms with van der Waals surface area (Å²) in [6, 6.07) is 2.05. The summed E-state index contributed by atoms with van der Waals surface area (Å²) in [5, 5.41) is 3.56. The Morgan fingerprint density at radius 2 is 1.96 bits per heavy atom. The maximum absolute atomic E-state index is 12.3. The zero-order chi connectivity index (χ0) is 16.7. The van der Waals surface area contributed by atoms with E-state index in [1.165, 1.54) is 36.1 Å². The van der Waals surface area contributed by atoms with E-state index in [1.807, 2.05) is 0 Å². The molecule has 1 aliphatic rings. The van der Waals surface area contributed by atoms with Crippen molar-refractivity contribution >= 4 is 34.6 Å². The van der Waals surface area contributed by atoms with Crippen LogP contribution in [0, 0.1) is 5.92 Å². The zero-order valence-electron chi connectivity index (χ0n) is 14.0. The van der Waals surface area contributed by atoms with Crippen LogP contribution in [0.5, 0.6) is 0 Å². The highest BCUT2D eigenvalue weighted by atomic mass is 32.1. The second kappa shape index (κ2) is 9.23. The molecule has 0 spiro atoms. The summed E-state index contributed by atoms with van der Waals surface area (Å²) in [6.45, 7) is 5.15. The molecule has 0 unspecified atom stereocenters. The Hall–Kier alpha value is -1.14. The van der Waals surface area contributed by atoms with Gasteiger partial charge in [0, 0.05) is 11.4 Å². The molecule has 0 aromatic carbocycles. The zero-order valence-corrected chi connectivity index (χ0v) is 15.7. The predicted octanol–water partition coefficient (Wildman–Crippen LogP) is 3.56. The molecule has 0 aliphatic heterocycles. The molecule has 3 N–H and O–H groups in total. The SMILES string of the molecule is CC(C)CCNC(=S)NNC(=O)c1cc2c(s1)CCCCCC2. The number of nitrogens with one attached hydrogen (secondary N) is 3. The van der Waals surface area contributed by atoms with Gasteiger partial charge in [0.25, 0.3) is 5.91 Å². The molecule has 0 radical (unpaired) electrons. The largest absolute Gasteiger partial charge is 0.361 e. The van der Waals surface area contributed by atoms with Crippen molar-refractivity contribution in [1.29, 1.82) is 0 Å². The fraction of sp³-hybridized carbons (Fsp3) is 0.647. The van der Waals surface area contributed by atoms with Crippen molar-refractivity contribution in [1.82, 2.24) is 16.2 Å². The van der Waals surface area contributed by atoms with Gasteiger partial charge in [0.2, 0.25) is 0 Å². The van der Waals surface area contributed by atoms with Crippen LogP contribution in [0.3, 0.4) is 0 Å². The minimum absolute atomic E-state index is 0.102. The number of thiophene rings is 1. The van der Waals surface area contributed by atoms with Crippen LogP contribution in [0.25, 0.3) is 0 Å². The molecule has 1 heterocycles. The minimum Gasteiger partial charge on any atom is -0.361 e. The molecule has 0 saturated carbocycles. The number of hydrogen-bond donors (Lipinski definition) is 3. The Balaban J connectivity index is 1.81. The van der Waals surface area contributed by atoms with Gasteiger partial charge in [-0.05, 0) is 61.9 Å². The molecular weight excluding hydrogens is 326 g/mol. The van der Waals surface area contributed by atoms with E-state index < -0.39 is 0 Å². The Labute approximate surface area is 148 Å². The number of aryl methyl sites for hydroxylation is 2. The van der Waals surface area contributed by atoms with Crippen LogP contribution in [0.4, 0.5) is 0 Å². The number of carbonyl (C=O) groups is 1. The highest BCUT2D eigenvalue weighted by molar-refractivity contribution is 7.80. The van der Waals surface area contributed by atoms with Crippen molar-refractivity contribution in [2.24, 2.45) is 5.92 Å². The van der Waals surface area contributed by atoms with Gasteiger partial charge in [-0.1, -0.05) is 26.7 Å². The van der Waals surface area contributed by atoms with Gasteiger partial charge in [0.05, 0.1) is 4.88 Å². The molecule has 0 bridgehead atoms. The Bertz CT molecular complexity index is 514. The van der Waals surface area contributed by atoms with Crippen LogP contribution in [0.1, 0.15) is 66.1 Å². The molecule has 6 heteroatoms. The van der Waals surface area contributed by atoms with Crippen molar-refractivity contribution < 1.29 is 4.79 Å². The molecule has 128 valence electrons. The van der Waals surface area contributed by atoms with Crippen LogP contribution in [0.15, 0.2) is 6.07 Å². The summed E-state index contributed by atoms with van der Waals surface area (Å²) in [4.78, 5) is 14.4. The first-order chi connectivity index (χ1) is 11.1. The molecule has 1 amide bonds. The second-order valence-electron chi connectivity index (χ2n) is 6.49. The van der Waals surface area contributed by atoms with Gasteiger partial charge in [-0.2, -0.15) is 0 Å². The number of amides is 1. The fourth-order valence-electron chi connectivity index (χ4n) is 2.65. The van der Waals surface area contributed by atoms with Gasteiger partial charge in [0.15, 0.2) is 5.11 Å². The van der Waals surface area contributed by atoms with Gasteiger partial charge in [-0.25, -0.2) is 0 Å². The number of thiocarbonyl (C=S) groups is 1. The normalized spacial score (nSPS) is 14.6. The van der Waals surface area contributed by atoms with Crippen molar-refractivity contribution in [3.63, 3.8) is 0 Å². The number of carbonyl (C=O) groups excluding carboxylic acids is 1. The highest BCUT2D eigenvalue weighted by Gasteiger charge is 2.15. The van der Waals surface area contributed by atoms with Crippen molar-refractivity contribution in [3.05, 3.63) is 21.4 Å². The third kappa shape index (κ3) is 6.11. The third-order valence-corrected chi connectivity index (χ3v) is 5.50. The molecule has 4 nitrogen and oxygen atoms in total. The number of fused-ring (bicyclic) bond motifs is 1. The predicted molar refractivity (Wildman–Crippen MR) is 101 cm³/mol. The summed E-state index contributed by atoms with van der Waals surface area (Å²) >= 11 is 6.79. The molecule has 1 aliphatic carbocycles. The van der Waals surface area contributed by atoms with E-state index in [-0.39, 0.29) is 5.91 Å². The number of rotatable bonds is 4. The maximum Gasteiger partial charge on any atom is 0.279 e. The van der Waals surface area contributed by atoms with Gasteiger partial charge in [-0.15, -0.1) is 11.3 Å². The van der Waals surface area contributed by atoms with Crippen LogP contribution >= 0.6 is 23.6 Å². The molecule has 23 heavy (non-hydrogen) atoms. The molecule has 1 aromatic rings. The quantitative estimate of drug-likeness (QED) is 0.572. The summed E-state index contributed by atoms with van der Waals surface area (Å²) in [7, 11) is 0. The van der Waals surface area contributed by atoms with E-state index in [4.69, 9.17) is 12.2 Å². The lowest BCUT2D eigenvalue weighted by atomic mass is 10.00. The van der Waals surface area contributed by atoms with Crippen molar-refractivity contribution in [2.75, 3.05) is 6.54 Å². The first-order valence-corrected chi connectivity index (χ1v) is 9.74. The topological polar surface area (TPSA) is 53.2 Å². The van der Waals surface area contributed by atoms with E-state index in [1.54, 1.807) is 11.3 Å². The van der Waals surface area contributed by atoms with E-state index >= 15 is 0 Å². The van der Waals surface area contributed by atoms with Crippen LogP contribution in [-0.2, 0) is 12.8 Å². The molecular formula is C17H27N3OS2. The van der Waals surface area contributed by atoms with Gasteiger partial charge in [0.1, 0.15) is 0 Å². The smallest absolute Gasteiger partial charge is 0.279 e. The Kier molecular flexibility index (Phi) is 7.30. The maximum atomic E-state index is 12.3. The molecule has 0 fully saturated rings. The van der Waals surface area contributed by atoms with Gasteiger partial charge in [-0.3, -0.25) is 15.6 Å². The van der Waals surface area contributed by atoms with Crippen LogP contribution < -0.4 is 16.2 Å². The number of hydrogen-bond acceptors (Lipinski definition) is 3. The summed E-state index contributed by atoms with van der Waals surface area (Å²) in [5.41, 5.74) is 6.84. The molecule has 2 rings (SSSR count).